The first-order chi connectivity index (χ1) is 26.3. The summed E-state index contributed by atoms with van der Waals surface area (Å²) in [6.07, 6.45) is 5.15. The molecule has 0 aliphatic heterocycles. The maximum absolute atomic E-state index is 14.0. The summed E-state index contributed by atoms with van der Waals surface area (Å²) in [4.78, 5) is 88.1. The molecule has 0 saturated carbocycles. The fourth-order valence-electron chi connectivity index (χ4n) is 5.93. The van der Waals surface area contributed by atoms with E-state index in [-0.39, 0.29) is 44.3 Å². The van der Waals surface area contributed by atoms with E-state index in [0.717, 1.165) is 16.5 Å². The number of carboxylic acid groups (broad SMARTS) is 1. The van der Waals surface area contributed by atoms with Gasteiger partial charge in [-0.3, -0.25) is 24.0 Å². The highest BCUT2D eigenvalue weighted by atomic mass is 16.4. The van der Waals surface area contributed by atoms with Crippen molar-refractivity contribution in [2.24, 2.45) is 17.2 Å². The van der Waals surface area contributed by atoms with Gasteiger partial charge in [0, 0.05) is 48.3 Å². The van der Waals surface area contributed by atoms with E-state index < -0.39 is 65.7 Å². The number of fused-ring (bicyclic) bond motifs is 1. The lowest BCUT2D eigenvalue weighted by atomic mass is 10.0. The molecule has 0 unspecified atom stereocenters. The summed E-state index contributed by atoms with van der Waals surface area (Å²) < 4.78 is 0. The number of unbranched alkanes of at least 4 members (excludes halogenated alkanes) is 1. The van der Waals surface area contributed by atoms with E-state index in [1.807, 2.05) is 24.3 Å². The van der Waals surface area contributed by atoms with Crippen LogP contribution < -0.4 is 38.5 Å². The Balaban J connectivity index is 1.54. The summed E-state index contributed by atoms with van der Waals surface area (Å²) >= 11 is 0. The van der Waals surface area contributed by atoms with Crippen LogP contribution in [0.5, 0.6) is 5.75 Å². The van der Waals surface area contributed by atoms with Crippen LogP contribution in [-0.2, 0) is 48.0 Å². The molecule has 4 rings (SSSR count). The summed E-state index contributed by atoms with van der Waals surface area (Å²) in [5.41, 5.74) is 19.9. The Labute approximate surface area is 316 Å². The molecule has 4 aromatic rings. The van der Waals surface area contributed by atoms with Crippen LogP contribution in [-0.4, -0.2) is 97.4 Å². The van der Waals surface area contributed by atoms with Crippen LogP contribution in [0.1, 0.15) is 48.9 Å². The zero-order valence-electron chi connectivity index (χ0n) is 30.1. The average molecular weight is 761 g/mol. The molecule has 55 heavy (non-hydrogen) atoms. The van der Waals surface area contributed by atoms with Gasteiger partial charge in [0.05, 0.1) is 12.4 Å². The highest BCUT2D eigenvalue weighted by Gasteiger charge is 2.32. The van der Waals surface area contributed by atoms with Crippen LogP contribution in [0.25, 0.3) is 10.9 Å². The second kappa shape index (κ2) is 20.3. The van der Waals surface area contributed by atoms with Crippen molar-refractivity contribution in [2.75, 3.05) is 6.54 Å². The number of carbonyl (C=O) groups is 6. The summed E-state index contributed by atoms with van der Waals surface area (Å²) in [5, 5.41) is 30.8. The first-order valence-corrected chi connectivity index (χ1v) is 17.8. The normalized spacial score (nSPS) is 13.9. The number of nitrogens with zero attached hydrogens (tertiary/aromatic N) is 1. The predicted molar refractivity (Wildman–Crippen MR) is 201 cm³/mol. The zero-order chi connectivity index (χ0) is 39.9. The summed E-state index contributed by atoms with van der Waals surface area (Å²) in [7, 11) is 0. The third kappa shape index (κ3) is 12.7. The molecule has 5 amide bonds. The number of aromatic nitrogens is 3. The van der Waals surface area contributed by atoms with Crippen LogP contribution in [0.15, 0.2) is 67.3 Å². The van der Waals surface area contributed by atoms with Crippen LogP contribution in [0.3, 0.4) is 0 Å². The molecule has 2 aromatic heterocycles. The van der Waals surface area contributed by atoms with Crippen molar-refractivity contribution >= 4 is 46.4 Å². The largest absolute Gasteiger partial charge is 0.508 e. The van der Waals surface area contributed by atoms with Crippen molar-refractivity contribution in [1.82, 2.24) is 36.2 Å². The maximum atomic E-state index is 14.0. The number of aliphatic carboxylic acids is 1. The number of rotatable bonds is 22. The van der Waals surface area contributed by atoms with Crippen LogP contribution >= 0.6 is 0 Å². The number of carboxylic acids is 1. The average Bonchev–Trinajstić information content (AvgIpc) is 3.83. The van der Waals surface area contributed by atoms with Gasteiger partial charge in [-0.15, -0.1) is 0 Å². The molecule has 294 valence electrons. The second-order valence-corrected chi connectivity index (χ2v) is 13.2. The first kappa shape index (κ1) is 41.5. The van der Waals surface area contributed by atoms with Crippen molar-refractivity contribution in [1.29, 1.82) is 0 Å². The smallest absolute Gasteiger partial charge is 0.326 e. The van der Waals surface area contributed by atoms with Gasteiger partial charge in [0.2, 0.25) is 29.5 Å². The van der Waals surface area contributed by atoms with Gasteiger partial charge >= 0.3 is 5.97 Å². The van der Waals surface area contributed by atoms with Crippen molar-refractivity contribution in [3.63, 3.8) is 0 Å². The van der Waals surface area contributed by atoms with E-state index in [4.69, 9.17) is 17.2 Å². The van der Waals surface area contributed by atoms with Crippen molar-refractivity contribution in [2.45, 2.75) is 81.6 Å². The highest BCUT2D eigenvalue weighted by Crippen LogP contribution is 2.19. The Hall–Kier alpha value is -6.27. The SMILES string of the molecule is NCCCC[C@H](NC(=O)[C@@H](N)Cc1c[nH]c2ccccc12)C(=O)N[C@@H](Cc1cnc[nH]1)C(=O)N[C@@H](Cc1ccc(O)cc1)C(=O)N[C@@H](CCC(N)=O)C(=O)O. The van der Waals surface area contributed by atoms with Gasteiger partial charge in [-0.1, -0.05) is 30.3 Å². The number of nitrogens with two attached hydrogens (primary N) is 3. The third-order valence-electron chi connectivity index (χ3n) is 8.95. The van der Waals surface area contributed by atoms with Gasteiger partial charge in [0.25, 0.3) is 0 Å². The van der Waals surface area contributed by atoms with E-state index in [2.05, 4.69) is 36.2 Å². The lowest BCUT2D eigenvalue weighted by Crippen LogP contribution is -2.59. The number of hydrogen-bond donors (Lipinski definition) is 11. The number of phenolic OH excluding ortho intramolecular Hbond substituents is 1. The number of para-hydroxylation sites is 1. The number of H-pyrrole nitrogens is 2. The van der Waals surface area contributed by atoms with Crippen LogP contribution in [0.2, 0.25) is 0 Å². The van der Waals surface area contributed by atoms with Crippen molar-refractivity contribution < 1.29 is 39.0 Å². The third-order valence-corrected chi connectivity index (χ3v) is 8.95. The molecule has 2 heterocycles. The molecule has 0 spiro atoms. The number of phenols is 1. The number of aromatic amines is 2. The zero-order valence-corrected chi connectivity index (χ0v) is 30.1. The lowest BCUT2D eigenvalue weighted by Gasteiger charge is -2.26. The Morgan fingerprint density at radius 3 is 2.02 bits per heavy atom. The number of amides is 5. The number of hydrogen-bond acceptors (Lipinski definition) is 10. The van der Waals surface area contributed by atoms with E-state index in [0.29, 0.717) is 30.6 Å². The minimum absolute atomic E-state index is 0.0412. The summed E-state index contributed by atoms with van der Waals surface area (Å²) in [6.45, 7) is 0.350. The number of imidazole rings is 1. The lowest BCUT2D eigenvalue weighted by molar-refractivity contribution is -0.142. The molecule has 18 heteroatoms. The fourth-order valence-corrected chi connectivity index (χ4v) is 5.93. The number of carbonyl (C=O) groups excluding carboxylic acids is 5. The van der Waals surface area contributed by atoms with Gasteiger partial charge in [0.15, 0.2) is 0 Å². The minimum atomic E-state index is -1.50. The molecule has 14 N–H and O–H groups in total. The predicted octanol–water partition coefficient (Wildman–Crippen LogP) is -0.630. The van der Waals surface area contributed by atoms with Crippen molar-refractivity contribution in [3.05, 3.63) is 84.1 Å². The first-order valence-electron chi connectivity index (χ1n) is 17.8. The molecular weight excluding hydrogens is 712 g/mol. The molecule has 0 fully saturated rings. The Morgan fingerprint density at radius 1 is 0.745 bits per heavy atom. The molecule has 0 aliphatic rings. The van der Waals surface area contributed by atoms with Crippen LogP contribution in [0.4, 0.5) is 0 Å². The number of nitrogens with one attached hydrogen (secondary N) is 6. The Morgan fingerprint density at radius 2 is 1.38 bits per heavy atom. The molecule has 2 aromatic carbocycles. The highest BCUT2D eigenvalue weighted by molar-refractivity contribution is 5.96. The molecule has 0 bridgehead atoms. The van der Waals surface area contributed by atoms with E-state index in [1.165, 1.54) is 36.8 Å². The van der Waals surface area contributed by atoms with Gasteiger partial charge in [-0.2, -0.15) is 0 Å². The van der Waals surface area contributed by atoms with E-state index in [9.17, 15) is 39.0 Å². The van der Waals surface area contributed by atoms with Gasteiger partial charge in [0.1, 0.15) is 29.9 Å². The molecular formula is C37H48N10O8. The fraction of sp³-hybridized carbons (Fsp3) is 0.378. The Bertz CT molecular complexity index is 1910. The molecule has 0 saturated heterocycles. The maximum Gasteiger partial charge on any atom is 0.326 e. The molecule has 0 radical (unpaired) electrons. The second-order valence-electron chi connectivity index (χ2n) is 13.2. The van der Waals surface area contributed by atoms with Gasteiger partial charge in [-0.05, 0) is 68.0 Å². The summed E-state index contributed by atoms with van der Waals surface area (Å²) in [5.74, 6) is -5.20. The topological polar surface area (TPSA) is 314 Å². The Kier molecular flexibility index (Phi) is 15.3. The minimum Gasteiger partial charge on any atom is -0.508 e. The standard InChI is InChI=1S/C37H48N10O8/c38-14-4-3-7-28(44-33(50)26(39)16-22-18-42-27-6-2-1-5-25(22)27)34(51)47-31(17-23-19-41-20-43-23)36(53)46-30(15-21-8-10-24(48)11-9-21)35(52)45-29(37(54)55)12-13-32(40)49/h1-2,5-6,8-11,18-20,26,28-31,42,48H,3-4,7,12-17,38-39H2,(H2,40,49)(H,41,43)(H,44,50)(H,45,52)(H,46,53)(H,47,51)(H,54,55)/t26-,28-,29-,30-,31-/m0/s1. The molecule has 0 aliphatic carbocycles. The quantitative estimate of drug-likeness (QED) is 0.0448. The van der Waals surface area contributed by atoms with Crippen LogP contribution in [0, 0.1) is 0 Å². The van der Waals surface area contributed by atoms with E-state index >= 15 is 0 Å². The monoisotopic (exact) mass is 760 g/mol. The number of benzene rings is 2. The van der Waals surface area contributed by atoms with Gasteiger partial charge < -0.3 is 58.6 Å². The number of primary amides is 1. The van der Waals surface area contributed by atoms with Gasteiger partial charge in [-0.25, -0.2) is 9.78 Å². The molecule has 18 nitrogen and oxygen atoms in total. The number of aromatic hydroxyl groups is 1. The van der Waals surface area contributed by atoms with Crippen molar-refractivity contribution in [3.8, 4) is 5.75 Å². The summed E-state index contributed by atoms with van der Waals surface area (Å²) in [6, 6.07) is 7.06. The molecule has 5 atom stereocenters. The van der Waals surface area contributed by atoms with E-state index in [1.54, 1.807) is 6.20 Å².